The van der Waals surface area contributed by atoms with Crippen molar-refractivity contribution in [3.05, 3.63) is 48.3 Å². The van der Waals surface area contributed by atoms with Gasteiger partial charge in [-0.15, -0.1) is 11.8 Å². The highest BCUT2D eigenvalue weighted by atomic mass is 32.2. The molecule has 0 saturated heterocycles. The SMILES string of the molecule is COc1ccccc1Nc1nc(N)nc(CSC(C)C(=O)Nc2ccc3c(c2)OCCO3)n1. The van der Waals surface area contributed by atoms with Crippen LogP contribution in [0.5, 0.6) is 17.2 Å². The number of nitrogens with two attached hydrogens (primary N) is 1. The van der Waals surface area contributed by atoms with Crippen LogP contribution in [-0.2, 0) is 10.5 Å². The molecule has 1 aromatic heterocycles. The molecular formula is C22H24N6O4S. The highest BCUT2D eigenvalue weighted by molar-refractivity contribution is 7.99. The quantitative estimate of drug-likeness (QED) is 0.452. The molecule has 0 bridgehead atoms. The fraction of sp³-hybridized carbons (Fsp3) is 0.273. The number of carbonyl (C=O) groups is 1. The van der Waals surface area contributed by atoms with Crippen molar-refractivity contribution in [2.45, 2.75) is 17.9 Å². The van der Waals surface area contributed by atoms with E-state index in [1.54, 1.807) is 25.3 Å². The van der Waals surface area contributed by atoms with Gasteiger partial charge in [0.15, 0.2) is 11.5 Å². The van der Waals surface area contributed by atoms with Gasteiger partial charge in [0.2, 0.25) is 17.8 Å². The fourth-order valence-electron chi connectivity index (χ4n) is 3.07. The van der Waals surface area contributed by atoms with Crippen molar-refractivity contribution in [1.82, 2.24) is 15.0 Å². The Balaban J connectivity index is 1.36. The van der Waals surface area contributed by atoms with Crippen LogP contribution in [0.15, 0.2) is 42.5 Å². The van der Waals surface area contributed by atoms with Crippen LogP contribution in [0.25, 0.3) is 0 Å². The van der Waals surface area contributed by atoms with Crippen molar-refractivity contribution in [3.63, 3.8) is 0 Å². The number of carbonyl (C=O) groups excluding carboxylic acids is 1. The molecule has 1 aliphatic heterocycles. The third kappa shape index (κ3) is 5.75. The Morgan fingerprint density at radius 1 is 1.15 bits per heavy atom. The molecule has 4 rings (SSSR count). The highest BCUT2D eigenvalue weighted by Gasteiger charge is 2.18. The second kappa shape index (κ2) is 10.3. The number of hydrogen-bond donors (Lipinski definition) is 3. The van der Waals surface area contributed by atoms with Crippen molar-refractivity contribution in [2.24, 2.45) is 0 Å². The Kier molecular flexibility index (Phi) is 6.98. The zero-order valence-corrected chi connectivity index (χ0v) is 19.0. The molecule has 3 aromatic rings. The number of nitrogens with zero attached hydrogens (tertiary/aromatic N) is 3. The second-order valence-corrected chi connectivity index (χ2v) is 8.39. The van der Waals surface area contributed by atoms with Gasteiger partial charge < -0.3 is 30.6 Å². The molecule has 0 radical (unpaired) electrons. The average molecular weight is 469 g/mol. The van der Waals surface area contributed by atoms with Crippen molar-refractivity contribution in [3.8, 4) is 17.2 Å². The molecule has 11 heteroatoms. The number of hydrogen-bond acceptors (Lipinski definition) is 10. The van der Waals surface area contributed by atoms with Crippen LogP contribution < -0.4 is 30.6 Å². The standard InChI is InChI=1S/C22H24N6O4S/c1-13(20(29)24-14-7-8-17-18(11-14)32-10-9-31-17)33-12-19-26-21(23)28-22(27-19)25-15-5-3-4-6-16(15)30-2/h3-8,11,13H,9-10,12H2,1-2H3,(H,24,29)(H3,23,25,26,27,28). The highest BCUT2D eigenvalue weighted by Crippen LogP contribution is 2.33. The first kappa shape index (κ1) is 22.5. The lowest BCUT2D eigenvalue weighted by Crippen LogP contribution is -2.23. The van der Waals surface area contributed by atoms with Gasteiger partial charge in [-0.3, -0.25) is 4.79 Å². The van der Waals surface area contributed by atoms with Gasteiger partial charge in [0.1, 0.15) is 24.8 Å². The molecule has 4 N–H and O–H groups in total. The van der Waals surface area contributed by atoms with Crippen LogP contribution in [0.4, 0.5) is 23.3 Å². The number of benzene rings is 2. The number of thioether (sulfide) groups is 1. The Labute approximate surface area is 195 Å². The first-order valence-electron chi connectivity index (χ1n) is 10.2. The van der Waals surface area contributed by atoms with Gasteiger partial charge in [0, 0.05) is 11.8 Å². The van der Waals surface area contributed by atoms with Crippen molar-refractivity contribution in [2.75, 3.05) is 36.7 Å². The minimum atomic E-state index is -0.359. The van der Waals surface area contributed by atoms with Gasteiger partial charge in [0.25, 0.3) is 0 Å². The van der Waals surface area contributed by atoms with Gasteiger partial charge >= 0.3 is 0 Å². The molecule has 0 aliphatic carbocycles. The number of methoxy groups -OCH3 is 1. The topological polar surface area (TPSA) is 134 Å². The van der Waals surface area contributed by atoms with E-state index in [1.165, 1.54) is 11.8 Å². The normalized spacial score (nSPS) is 13.2. The summed E-state index contributed by atoms with van der Waals surface area (Å²) >= 11 is 1.39. The van der Waals surface area contributed by atoms with E-state index in [9.17, 15) is 4.79 Å². The number of fused-ring (bicyclic) bond motifs is 1. The molecule has 2 heterocycles. The summed E-state index contributed by atoms with van der Waals surface area (Å²) in [6.07, 6.45) is 0. The van der Waals surface area contributed by atoms with Gasteiger partial charge in [-0.05, 0) is 31.2 Å². The largest absolute Gasteiger partial charge is 0.495 e. The van der Waals surface area contributed by atoms with Crippen LogP contribution in [0, 0.1) is 0 Å². The Bertz CT molecular complexity index is 1150. The number of aromatic nitrogens is 3. The molecule has 0 saturated carbocycles. The van der Waals surface area contributed by atoms with Crippen molar-refractivity contribution >= 4 is 40.9 Å². The molecule has 2 aromatic carbocycles. The average Bonchev–Trinajstić information content (AvgIpc) is 2.82. The van der Waals surface area contributed by atoms with Crippen LogP contribution in [0.2, 0.25) is 0 Å². The Hall–Kier alpha value is -3.73. The molecule has 172 valence electrons. The van der Waals surface area contributed by atoms with E-state index in [1.807, 2.05) is 31.2 Å². The fourth-order valence-corrected chi connectivity index (χ4v) is 3.81. The number of ether oxygens (including phenoxy) is 3. The van der Waals surface area contributed by atoms with Gasteiger partial charge in [0.05, 0.1) is 23.8 Å². The smallest absolute Gasteiger partial charge is 0.237 e. The molecule has 10 nitrogen and oxygen atoms in total. The number of nitrogens with one attached hydrogen (secondary N) is 2. The number of rotatable bonds is 8. The summed E-state index contributed by atoms with van der Waals surface area (Å²) < 4.78 is 16.4. The Morgan fingerprint density at radius 2 is 1.94 bits per heavy atom. The van der Waals surface area contributed by atoms with Gasteiger partial charge in [-0.2, -0.15) is 15.0 Å². The van der Waals surface area contributed by atoms with E-state index in [0.717, 1.165) is 0 Å². The van der Waals surface area contributed by atoms with E-state index in [2.05, 4.69) is 25.6 Å². The van der Waals surface area contributed by atoms with E-state index < -0.39 is 0 Å². The molecule has 33 heavy (non-hydrogen) atoms. The summed E-state index contributed by atoms with van der Waals surface area (Å²) in [7, 11) is 1.59. The zero-order valence-electron chi connectivity index (χ0n) is 18.2. The first-order valence-corrected chi connectivity index (χ1v) is 11.3. The second-order valence-electron chi connectivity index (χ2n) is 7.06. The molecule has 0 spiro atoms. The lowest BCUT2D eigenvalue weighted by molar-refractivity contribution is -0.115. The van der Waals surface area contributed by atoms with E-state index >= 15 is 0 Å². The summed E-state index contributed by atoms with van der Waals surface area (Å²) in [5.74, 6) is 3.03. The summed E-state index contributed by atoms with van der Waals surface area (Å²) in [4.78, 5) is 25.4. The maximum atomic E-state index is 12.6. The van der Waals surface area contributed by atoms with Crippen molar-refractivity contribution in [1.29, 1.82) is 0 Å². The zero-order chi connectivity index (χ0) is 23.2. The Morgan fingerprint density at radius 3 is 2.76 bits per heavy atom. The summed E-state index contributed by atoms with van der Waals surface area (Å²) in [6.45, 7) is 2.82. The van der Waals surface area contributed by atoms with Crippen molar-refractivity contribution < 1.29 is 19.0 Å². The van der Waals surface area contributed by atoms with E-state index in [0.29, 0.717) is 59.4 Å². The van der Waals surface area contributed by atoms with Crippen LogP contribution in [-0.4, -0.2) is 46.4 Å². The lowest BCUT2D eigenvalue weighted by Gasteiger charge is -2.19. The van der Waals surface area contributed by atoms with Crippen LogP contribution in [0.1, 0.15) is 12.7 Å². The maximum Gasteiger partial charge on any atom is 0.237 e. The predicted molar refractivity (Wildman–Crippen MR) is 127 cm³/mol. The monoisotopic (exact) mass is 468 g/mol. The summed E-state index contributed by atoms with van der Waals surface area (Å²) in [6, 6.07) is 12.7. The lowest BCUT2D eigenvalue weighted by atomic mass is 10.2. The van der Waals surface area contributed by atoms with E-state index in [-0.39, 0.29) is 17.1 Å². The first-order chi connectivity index (χ1) is 16.0. The molecular weight excluding hydrogens is 444 g/mol. The molecule has 1 amide bonds. The molecule has 1 aliphatic rings. The number of nitrogen functional groups attached to an aromatic ring is 1. The van der Waals surface area contributed by atoms with E-state index in [4.69, 9.17) is 19.9 Å². The minimum absolute atomic E-state index is 0.0892. The molecule has 0 fully saturated rings. The predicted octanol–water partition coefficient (Wildman–Crippen LogP) is 3.24. The van der Waals surface area contributed by atoms with Crippen LogP contribution in [0.3, 0.4) is 0 Å². The van der Waals surface area contributed by atoms with Crippen LogP contribution >= 0.6 is 11.8 Å². The third-order valence-corrected chi connectivity index (χ3v) is 5.83. The summed E-state index contributed by atoms with van der Waals surface area (Å²) in [5.41, 5.74) is 7.21. The van der Waals surface area contributed by atoms with Gasteiger partial charge in [-0.25, -0.2) is 0 Å². The maximum absolute atomic E-state index is 12.6. The minimum Gasteiger partial charge on any atom is -0.495 e. The number of para-hydroxylation sites is 2. The third-order valence-electron chi connectivity index (χ3n) is 4.69. The molecule has 1 atom stereocenters. The van der Waals surface area contributed by atoms with Gasteiger partial charge in [-0.1, -0.05) is 12.1 Å². The number of amides is 1. The molecule has 1 unspecified atom stereocenters. The number of anilines is 4. The summed E-state index contributed by atoms with van der Waals surface area (Å²) in [5, 5.41) is 5.63.